The number of nitrogens with two attached hydrogens (primary N) is 2. The van der Waals surface area contributed by atoms with Crippen LogP contribution < -0.4 is 96.5 Å². The highest BCUT2D eigenvalue weighted by Gasteiger charge is 2.39. The molecule has 6 aromatic rings. The third-order valence-electron chi connectivity index (χ3n) is 21.0. The lowest BCUT2D eigenvalue weighted by atomic mass is 9.95. The molecule has 7 rings (SSSR count). The van der Waals surface area contributed by atoms with E-state index in [1.54, 1.807) is 71.9 Å². The van der Waals surface area contributed by atoms with E-state index in [4.69, 9.17) is 16.9 Å². The molecule has 44 nitrogen and oxygen atoms in total. The first kappa shape index (κ1) is 105. The van der Waals surface area contributed by atoms with Crippen LogP contribution in [0.2, 0.25) is 0 Å². The molecule has 1 aliphatic rings. The maximum atomic E-state index is 15.5. The van der Waals surface area contributed by atoms with E-state index in [0.717, 1.165) is 11.8 Å². The van der Waals surface area contributed by atoms with Gasteiger partial charge in [-0.1, -0.05) is 115 Å². The van der Waals surface area contributed by atoms with Crippen LogP contribution in [0.5, 0.6) is 17.2 Å². The van der Waals surface area contributed by atoms with Gasteiger partial charge in [-0.3, -0.25) is 86.9 Å². The molecular formula is C88H119N23O21S. The van der Waals surface area contributed by atoms with Crippen molar-refractivity contribution >= 4 is 118 Å². The summed E-state index contributed by atoms with van der Waals surface area (Å²) in [7, 11) is 0. The van der Waals surface area contributed by atoms with Crippen LogP contribution in [0, 0.1) is 23.2 Å². The number of imidazole rings is 2. The molecule has 2 aromatic heterocycles. The largest absolute Gasteiger partial charge is 0.508 e. The van der Waals surface area contributed by atoms with Gasteiger partial charge in [0.05, 0.1) is 49.4 Å². The second-order valence-corrected chi connectivity index (χ2v) is 33.9. The minimum atomic E-state index is -1.71. The van der Waals surface area contributed by atoms with Crippen molar-refractivity contribution in [1.82, 2.24) is 105 Å². The summed E-state index contributed by atoms with van der Waals surface area (Å²) >= 11 is 0.734. The Morgan fingerprint density at radius 1 is 0.444 bits per heavy atom. The summed E-state index contributed by atoms with van der Waals surface area (Å²) in [6.07, 6.45) is 1.82. The van der Waals surface area contributed by atoms with Gasteiger partial charge >= 0.3 is 5.97 Å². The number of thioether (sulfide) groups is 1. The molecule has 1 aliphatic heterocycles. The molecule has 0 radical (unpaired) electrons. The maximum absolute atomic E-state index is 15.5. The van der Waals surface area contributed by atoms with Crippen LogP contribution in [0.3, 0.4) is 0 Å². The van der Waals surface area contributed by atoms with E-state index in [1.807, 2.05) is 0 Å². The van der Waals surface area contributed by atoms with Crippen LogP contribution in [0.15, 0.2) is 128 Å². The highest BCUT2D eigenvalue weighted by atomic mass is 32.2. The van der Waals surface area contributed by atoms with Gasteiger partial charge in [0.15, 0.2) is 5.96 Å². The van der Waals surface area contributed by atoms with Gasteiger partial charge in [0.25, 0.3) is 0 Å². The van der Waals surface area contributed by atoms with Gasteiger partial charge in [-0.15, -0.1) is 11.8 Å². The number of rotatable bonds is 28. The molecule has 45 heteroatoms. The van der Waals surface area contributed by atoms with E-state index in [-0.39, 0.29) is 105 Å². The number of hydrogen-bond donors (Lipinski definition) is 25. The summed E-state index contributed by atoms with van der Waals surface area (Å²) in [4.78, 5) is 258. The van der Waals surface area contributed by atoms with E-state index >= 15 is 33.6 Å². The van der Waals surface area contributed by atoms with E-state index in [9.17, 15) is 68.4 Å². The number of aromatic amines is 2. The van der Waals surface area contributed by atoms with Gasteiger partial charge in [0, 0.05) is 69.6 Å². The number of hydrogen-bond acceptors (Lipinski definition) is 24. The number of carboxylic acid groups (broad SMARTS) is 1. The van der Waals surface area contributed by atoms with E-state index in [2.05, 4.69) is 105 Å². The molecule has 0 bridgehead atoms. The molecular weight excluding hydrogens is 1750 g/mol. The minimum Gasteiger partial charge on any atom is -0.508 e. The van der Waals surface area contributed by atoms with Crippen molar-refractivity contribution in [2.24, 2.45) is 29.2 Å². The number of aromatic nitrogens is 4. The molecule has 1 fully saturated rings. The lowest BCUT2D eigenvalue weighted by molar-refractivity contribution is -0.138. The van der Waals surface area contributed by atoms with Gasteiger partial charge in [-0.05, 0) is 109 Å². The van der Waals surface area contributed by atoms with Gasteiger partial charge < -0.3 is 127 Å². The number of aromatic hydroxyl groups is 3. The lowest BCUT2D eigenvalue weighted by Crippen LogP contribution is -2.62. The zero-order valence-electron chi connectivity index (χ0n) is 74.4. The quantitative estimate of drug-likeness (QED) is 0.0130. The number of primary amides is 1. The van der Waals surface area contributed by atoms with Crippen LogP contribution in [0.25, 0.3) is 0 Å². The Labute approximate surface area is 770 Å². The van der Waals surface area contributed by atoms with Crippen LogP contribution in [-0.4, -0.2) is 257 Å². The van der Waals surface area contributed by atoms with E-state index < -0.39 is 242 Å². The predicted molar refractivity (Wildman–Crippen MR) is 483 cm³/mol. The standard InChI is InChI=1S/C88H119N23O21S/c1-7-49(6)75-87(132)110-62(31-48(4)5)81(126)105-63(32-50-12-9-8-10-13-50)77(122)97-41-71(116)100-60(27-28-74(119)120)79(124)104-61(30-47(2)3)76(121)96-42-72(117)102-69(78(123)95-40-70(89)115)43-133-44-73(118)101-64(33-51-15-21-56(112)22-16-51)82(127)108-68(37-55-39-93-46-99-55)86(131)109-67(36-54-38-92-45-98-54)85(130)107-66(35-53-19-25-58(114)26-20-53)84(129)106-65(34-52-17-23-57(113)24-18-52)83(128)103-59(80(125)111-75)14-11-29-94-88(90)91/h8-10,12-13,15-26,38-39,45-49,59-69,75,112-114H,7,11,14,27-37,40-44H2,1-6H3,(H2,89,115)(H,92,98)(H,93,99)(H,95,123)(H,96,121)(H,97,122)(H,100,116)(H,101,118)(H,102,117)(H,103,128)(H,104,124)(H,105,126)(H,106,129)(H,107,130)(H,108,127)(H,109,131)(H,110,132)(H,111,125)(H,119,120)(H4,90,91,94)/t49-,59-,60-,61-,62-,63-,64-,65-,66-,67-,68-,69-,75-/m0/s1. The summed E-state index contributed by atoms with van der Waals surface area (Å²) in [6.45, 7) is 7.66. The molecule has 13 atom stereocenters. The number of benzene rings is 4. The van der Waals surface area contributed by atoms with Crippen LogP contribution in [-0.2, 0) is 120 Å². The molecule has 3 heterocycles. The Balaban J connectivity index is 1.31. The first-order valence-corrected chi connectivity index (χ1v) is 44.4. The average Bonchev–Trinajstić information content (AvgIpc) is 1.80. The summed E-state index contributed by atoms with van der Waals surface area (Å²) in [5.74, 6) is -20.7. The normalized spacial score (nSPS) is 22.2. The Morgan fingerprint density at radius 3 is 1.24 bits per heavy atom. The molecule has 27 N–H and O–H groups in total. The predicted octanol–water partition coefficient (Wildman–Crippen LogP) is -3.33. The second kappa shape index (κ2) is 53.5. The molecule has 1 saturated heterocycles. The topological polar surface area (TPSA) is 697 Å². The fraction of sp³-hybridized carbons (Fsp3) is 0.455. The number of guanidine groups is 1. The van der Waals surface area contributed by atoms with Crippen molar-refractivity contribution in [3.63, 3.8) is 0 Å². The van der Waals surface area contributed by atoms with E-state index in [1.165, 1.54) is 97.8 Å². The highest BCUT2D eigenvalue weighted by molar-refractivity contribution is 8.00. The molecule has 0 aliphatic carbocycles. The number of nitrogens with one attached hydrogen (secondary N) is 19. The number of carbonyl (C=O) groups excluding carboxylic acids is 16. The third-order valence-corrected chi connectivity index (χ3v) is 22.0. The number of phenols is 3. The summed E-state index contributed by atoms with van der Waals surface area (Å²) in [5.41, 5.74) is 12.9. The number of phenolic OH excluding ortho intramolecular Hbond substituents is 3. The van der Waals surface area contributed by atoms with Crippen LogP contribution in [0.4, 0.5) is 0 Å². The number of nitrogens with zero attached hydrogens (tertiary/aromatic N) is 2. The Kier molecular flexibility index (Phi) is 42.3. The van der Waals surface area contributed by atoms with Gasteiger partial charge in [-0.2, -0.15) is 0 Å². The van der Waals surface area contributed by atoms with Crippen LogP contribution in [0.1, 0.15) is 120 Å². The average molecular weight is 1870 g/mol. The number of aliphatic carboxylic acids is 1. The highest BCUT2D eigenvalue weighted by Crippen LogP contribution is 2.20. The van der Waals surface area contributed by atoms with Gasteiger partial charge in [-0.25, -0.2) is 9.97 Å². The fourth-order valence-electron chi connectivity index (χ4n) is 13.9. The Morgan fingerprint density at radius 2 is 0.812 bits per heavy atom. The molecule has 133 heavy (non-hydrogen) atoms. The Hall–Kier alpha value is -14.7. The monoisotopic (exact) mass is 1870 g/mol. The van der Waals surface area contributed by atoms with Crippen molar-refractivity contribution in [3.8, 4) is 17.2 Å². The SMILES string of the molecule is CC[C@H](C)[C@@H]1NC(=O)[C@H](CCCNC(=N)N)NC(=O)[C@H](Cc2ccc(O)cc2)NC(=O)[C@H](Cc2ccc(O)cc2)NC(=O)[C@H](Cc2c[nH]cn2)NC(=O)[C@H](Cc2c[nH]cn2)NC(=O)[C@H](Cc2ccc(O)cc2)NC(=O)CSC[C@@H](C(=O)NCC(N)=O)NC(=O)CNC(=O)[C@H](CC(C)C)NC(=O)[C@H](CCC(=O)O)NC(=O)CNC(=O)[C@H](Cc2ccccc2)NC(=O)[C@H](CC(C)C)NC1=O. The van der Waals surface area contributed by atoms with Crippen molar-refractivity contribution in [1.29, 1.82) is 5.41 Å². The molecule has 718 valence electrons. The molecule has 0 saturated carbocycles. The smallest absolute Gasteiger partial charge is 0.303 e. The van der Waals surface area contributed by atoms with Gasteiger partial charge in [0.2, 0.25) is 94.5 Å². The fourth-order valence-corrected chi connectivity index (χ4v) is 14.7. The molecule has 0 spiro atoms. The van der Waals surface area contributed by atoms with Crippen molar-refractivity contribution in [3.05, 3.63) is 162 Å². The van der Waals surface area contributed by atoms with Crippen molar-refractivity contribution < 1.29 is 102 Å². The maximum Gasteiger partial charge on any atom is 0.303 e. The summed E-state index contributed by atoms with van der Waals surface area (Å²) < 4.78 is 0. The summed E-state index contributed by atoms with van der Waals surface area (Å²) in [6, 6.07) is 5.63. The summed E-state index contributed by atoms with van der Waals surface area (Å²) in [5, 5.41) is 90.1. The van der Waals surface area contributed by atoms with Crippen LogP contribution >= 0.6 is 11.8 Å². The zero-order chi connectivity index (χ0) is 97.4. The second-order valence-electron chi connectivity index (χ2n) is 32.9. The van der Waals surface area contributed by atoms with Crippen molar-refractivity contribution in [2.75, 3.05) is 37.7 Å². The number of carboxylic acids is 1. The zero-order valence-corrected chi connectivity index (χ0v) is 75.2. The minimum absolute atomic E-state index is 0.0151. The van der Waals surface area contributed by atoms with Crippen molar-refractivity contribution in [2.45, 2.75) is 198 Å². The molecule has 4 aromatic carbocycles. The first-order valence-electron chi connectivity index (χ1n) is 43.2. The first-order chi connectivity index (χ1) is 63.3. The molecule has 0 unspecified atom stereocenters. The van der Waals surface area contributed by atoms with Gasteiger partial charge in [0.1, 0.15) is 89.8 Å². The van der Waals surface area contributed by atoms with E-state index in [0.29, 0.717) is 22.3 Å². The molecule has 16 amide bonds. The lowest BCUT2D eigenvalue weighted by Gasteiger charge is -2.30. The third kappa shape index (κ3) is 37.4. The number of amides is 16. The Bertz CT molecular complexity index is 4960. The number of H-pyrrole nitrogens is 2. The number of carbonyl (C=O) groups is 17.